The quantitative estimate of drug-likeness (QED) is 0.635. The summed E-state index contributed by atoms with van der Waals surface area (Å²) in [5, 5.41) is 1.82. The highest BCUT2D eigenvalue weighted by molar-refractivity contribution is 9.11. The van der Waals surface area contributed by atoms with Gasteiger partial charge in [-0.2, -0.15) is 0 Å². The molecule has 72 valence electrons. The number of aryl methyl sites for hydroxylation is 1. The summed E-state index contributed by atoms with van der Waals surface area (Å²) in [5.74, 6) is 0. The predicted octanol–water partition coefficient (Wildman–Crippen LogP) is 4.72. The standard InChI is InChI=1S/C10H6Br2ClN/c1-5-2-6-7(11)3-10(12)14-9(6)4-8(5)13/h2-4H,1H3. The van der Waals surface area contributed by atoms with Crippen LogP contribution in [0.25, 0.3) is 10.9 Å². The first kappa shape index (κ1) is 10.4. The van der Waals surface area contributed by atoms with Crippen LogP contribution in [0, 0.1) is 6.92 Å². The summed E-state index contributed by atoms with van der Waals surface area (Å²) in [4.78, 5) is 4.34. The van der Waals surface area contributed by atoms with E-state index in [-0.39, 0.29) is 0 Å². The van der Waals surface area contributed by atoms with Crippen LogP contribution in [0.15, 0.2) is 27.3 Å². The molecule has 0 aliphatic heterocycles. The second-order valence-electron chi connectivity index (χ2n) is 3.05. The fourth-order valence-electron chi connectivity index (χ4n) is 1.28. The van der Waals surface area contributed by atoms with Crippen molar-refractivity contribution in [3.05, 3.63) is 37.9 Å². The molecule has 0 N–H and O–H groups in total. The Morgan fingerprint density at radius 1 is 1.21 bits per heavy atom. The maximum atomic E-state index is 6.02. The van der Waals surface area contributed by atoms with Crippen molar-refractivity contribution in [1.82, 2.24) is 4.98 Å². The zero-order valence-corrected chi connectivity index (χ0v) is 11.2. The van der Waals surface area contributed by atoms with Crippen molar-refractivity contribution < 1.29 is 0 Å². The number of fused-ring (bicyclic) bond motifs is 1. The van der Waals surface area contributed by atoms with Gasteiger partial charge in [0, 0.05) is 14.9 Å². The Bertz CT molecular complexity index is 511. The molecular weight excluding hydrogens is 329 g/mol. The topological polar surface area (TPSA) is 12.9 Å². The normalized spacial score (nSPS) is 10.9. The van der Waals surface area contributed by atoms with E-state index in [1.807, 2.05) is 25.1 Å². The summed E-state index contributed by atoms with van der Waals surface area (Å²) in [6.07, 6.45) is 0. The van der Waals surface area contributed by atoms with Gasteiger partial charge in [-0.05, 0) is 62.5 Å². The highest BCUT2D eigenvalue weighted by Crippen LogP contribution is 2.29. The Morgan fingerprint density at radius 2 is 1.93 bits per heavy atom. The van der Waals surface area contributed by atoms with Gasteiger partial charge < -0.3 is 0 Å². The molecule has 14 heavy (non-hydrogen) atoms. The fourth-order valence-corrected chi connectivity index (χ4v) is 2.70. The monoisotopic (exact) mass is 333 g/mol. The van der Waals surface area contributed by atoms with Gasteiger partial charge >= 0.3 is 0 Å². The average molecular weight is 335 g/mol. The van der Waals surface area contributed by atoms with Gasteiger partial charge in [0.2, 0.25) is 0 Å². The van der Waals surface area contributed by atoms with Gasteiger partial charge in [-0.3, -0.25) is 0 Å². The van der Waals surface area contributed by atoms with Gasteiger partial charge in [-0.15, -0.1) is 0 Å². The minimum Gasteiger partial charge on any atom is -0.241 e. The predicted molar refractivity (Wildman–Crippen MR) is 66.9 cm³/mol. The van der Waals surface area contributed by atoms with E-state index >= 15 is 0 Å². The Kier molecular flexibility index (Phi) is 2.82. The van der Waals surface area contributed by atoms with Crippen molar-refractivity contribution in [3.63, 3.8) is 0 Å². The second kappa shape index (κ2) is 3.80. The number of aromatic nitrogens is 1. The molecule has 0 fully saturated rings. The Balaban J connectivity index is 2.89. The molecule has 1 heterocycles. The third-order valence-electron chi connectivity index (χ3n) is 2.01. The van der Waals surface area contributed by atoms with Crippen molar-refractivity contribution in [2.75, 3.05) is 0 Å². The molecule has 0 unspecified atom stereocenters. The lowest BCUT2D eigenvalue weighted by molar-refractivity contribution is 1.33. The van der Waals surface area contributed by atoms with E-state index in [4.69, 9.17) is 11.6 Å². The van der Waals surface area contributed by atoms with E-state index in [2.05, 4.69) is 36.8 Å². The third kappa shape index (κ3) is 1.81. The average Bonchev–Trinajstić information content (AvgIpc) is 2.08. The van der Waals surface area contributed by atoms with Crippen LogP contribution in [0.4, 0.5) is 0 Å². The maximum Gasteiger partial charge on any atom is 0.107 e. The van der Waals surface area contributed by atoms with Crippen LogP contribution in [0.5, 0.6) is 0 Å². The molecule has 2 rings (SSSR count). The summed E-state index contributed by atoms with van der Waals surface area (Å²) in [6.45, 7) is 1.98. The maximum absolute atomic E-state index is 6.02. The lowest BCUT2D eigenvalue weighted by Gasteiger charge is -2.04. The molecule has 0 saturated heterocycles. The number of hydrogen-bond donors (Lipinski definition) is 0. The Labute approximate surface area is 104 Å². The van der Waals surface area contributed by atoms with Crippen LogP contribution in [0.3, 0.4) is 0 Å². The van der Waals surface area contributed by atoms with Crippen molar-refractivity contribution in [1.29, 1.82) is 0 Å². The molecule has 0 aliphatic rings. The first-order valence-corrected chi connectivity index (χ1v) is 5.96. The van der Waals surface area contributed by atoms with Gasteiger partial charge in [-0.25, -0.2) is 4.98 Å². The van der Waals surface area contributed by atoms with E-state index in [1.54, 1.807) is 0 Å². The highest BCUT2D eigenvalue weighted by Gasteiger charge is 2.05. The third-order valence-corrected chi connectivity index (χ3v) is 3.48. The largest absolute Gasteiger partial charge is 0.241 e. The van der Waals surface area contributed by atoms with Crippen molar-refractivity contribution in [2.24, 2.45) is 0 Å². The second-order valence-corrected chi connectivity index (χ2v) is 5.12. The summed E-state index contributed by atoms with van der Waals surface area (Å²) in [6, 6.07) is 5.83. The Hall–Kier alpha value is -0.120. The van der Waals surface area contributed by atoms with Crippen LogP contribution in [0.2, 0.25) is 5.02 Å². The number of pyridine rings is 1. The number of halogens is 3. The molecule has 0 atom stereocenters. The first-order chi connectivity index (χ1) is 6.58. The Morgan fingerprint density at radius 3 is 2.64 bits per heavy atom. The molecule has 0 spiro atoms. The van der Waals surface area contributed by atoms with E-state index in [0.717, 1.165) is 30.6 Å². The molecule has 2 aromatic rings. The van der Waals surface area contributed by atoms with E-state index < -0.39 is 0 Å². The van der Waals surface area contributed by atoms with Crippen LogP contribution in [0.1, 0.15) is 5.56 Å². The molecule has 0 saturated carbocycles. The van der Waals surface area contributed by atoms with Gasteiger partial charge in [0.05, 0.1) is 5.52 Å². The highest BCUT2D eigenvalue weighted by atomic mass is 79.9. The zero-order valence-electron chi connectivity index (χ0n) is 7.31. The van der Waals surface area contributed by atoms with Crippen molar-refractivity contribution in [2.45, 2.75) is 6.92 Å². The molecule has 4 heteroatoms. The van der Waals surface area contributed by atoms with Crippen molar-refractivity contribution in [3.8, 4) is 0 Å². The van der Waals surface area contributed by atoms with Crippen LogP contribution in [-0.2, 0) is 0 Å². The number of hydrogen-bond acceptors (Lipinski definition) is 1. The molecule has 0 radical (unpaired) electrons. The molecule has 0 bridgehead atoms. The summed E-state index contributed by atoms with van der Waals surface area (Å²) in [7, 11) is 0. The van der Waals surface area contributed by atoms with Gasteiger partial charge in [0.1, 0.15) is 4.60 Å². The number of rotatable bonds is 0. The lowest BCUT2D eigenvalue weighted by Crippen LogP contribution is -1.84. The van der Waals surface area contributed by atoms with Crippen LogP contribution >= 0.6 is 43.5 Å². The number of nitrogens with zero attached hydrogens (tertiary/aromatic N) is 1. The molecule has 0 amide bonds. The summed E-state index contributed by atoms with van der Waals surface area (Å²) < 4.78 is 1.82. The smallest absolute Gasteiger partial charge is 0.107 e. The molecular formula is C10H6Br2ClN. The molecule has 1 nitrogen and oxygen atoms in total. The summed E-state index contributed by atoms with van der Waals surface area (Å²) >= 11 is 12.9. The van der Waals surface area contributed by atoms with Gasteiger partial charge in [-0.1, -0.05) is 11.6 Å². The minimum atomic E-state index is 0.745. The SMILES string of the molecule is Cc1cc2c(Br)cc(Br)nc2cc1Cl. The molecule has 0 aliphatic carbocycles. The lowest BCUT2D eigenvalue weighted by atomic mass is 10.1. The molecule has 1 aromatic heterocycles. The van der Waals surface area contributed by atoms with E-state index in [1.165, 1.54) is 0 Å². The van der Waals surface area contributed by atoms with Crippen LogP contribution in [-0.4, -0.2) is 4.98 Å². The van der Waals surface area contributed by atoms with Crippen molar-refractivity contribution >= 4 is 54.4 Å². The zero-order chi connectivity index (χ0) is 10.3. The van der Waals surface area contributed by atoms with Crippen LogP contribution < -0.4 is 0 Å². The minimum absolute atomic E-state index is 0.745. The first-order valence-electron chi connectivity index (χ1n) is 4.00. The van der Waals surface area contributed by atoms with Gasteiger partial charge in [0.25, 0.3) is 0 Å². The summed E-state index contributed by atoms with van der Waals surface area (Å²) in [5.41, 5.74) is 1.95. The van der Waals surface area contributed by atoms with E-state index in [0.29, 0.717) is 0 Å². The fraction of sp³-hybridized carbons (Fsp3) is 0.100. The van der Waals surface area contributed by atoms with E-state index in [9.17, 15) is 0 Å². The van der Waals surface area contributed by atoms with Gasteiger partial charge in [0.15, 0.2) is 0 Å². The molecule has 1 aromatic carbocycles. The number of benzene rings is 1.